The average Bonchev–Trinajstić information content (AvgIpc) is 2.66. The van der Waals surface area contributed by atoms with E-state index in [-0.39, 0.29) is 23.7 Å². The second-order valence-electron chi connectivity index (χ2n) is 8.71. The summed E-state index contributed by atoms with van der Waals surface area (Å²) in [6, 6.07) is 9.89. The fraction of sp³-hybridized carbons (Fsp3) is 0.636. The lowest BCUT2D eigenvalue weighted by atomic mass is 9.75. The van der Waals surface area contributed by atoms with Crippen molar-refractivity contribution in [2.75, 3.05) is 32.7 Å². The fourth-order valence-corrected chi connectivity index (χ4v) is 4.68. The summed E-state index contributed by atoms with van der Waals surface area (Å²) in [5, 5.41) is 14.0. The van der Waals surface area contributed by atoms with Gasteiger partial charge in [0.2, 0.25) is 11.8 Å². The fourth-order valence-electron chi connectivity index (χ4n) is 4.68. The molecule has 0 bridgehead atoms. The van der Waals surface area contributed by atoms with Crippen LogP contribution in [-0.2, 0) is 16.1 Å². The van der Waals surface area contributed by atoms with E-state index in [9.17, 15) is 14.7 Å². The molecule has 2 N–H and O–H groups in total. The maximum absolute atomic E-state index is 12.6. The molecule has 6 heteroatoms. The number of nitrogens with one attached hydrogen (secondary N) is 1. The monoisotopic (exact) mass is 385 g/mol. The van der Waals surface area contributed by atoms with Crippen molar-refractivity contribution >= 4 is 11.8 Å². The van der Waals surface area contributed by atoms with E-state index in [0.29, 0.717) is 45.6 Å². The Bertz CT molecular complexity index is 706. The third kappa shape index (κ3) is 4.23. The molecule has 152 valence electrons. The number of hydrogen-bond donors (Lipinski definition) is 2. The second-order valence-corrected chi connectivity index (χ2v) is 8.71. The number of amides is 2. The van der Waals surface area contributed by atoms with E-state index in [4.69, 9.17) is 0 Å². The predicted molar refractivity (Wildman–Crippen MR) is 106 cm³/mol. The summed E-state index contributed by atoms with van der Waals surface area (Å²) >= 11 is 0. The molecule has 4 rings (SSSR count). The Morgan fingerprint density at radius 3 is 2.57 bits per heavy atom. The van der Waals surface area contributed by atoms with Crippen LogP contribution in [0.4, 0.5) is 0 Å². The number of carbonyl (C=O) groups is 2. The van der Waals surface area contributed by atoms with Crippen molar-refractivity contribution in [2.24, 2.45) is 11.8 Å². The van der Waals surface area contributed by atoms with Gasteiger partial charge in [0.15, 0.2) is 0 Å². The summed E-state index contributed by atoms with van der Waals surface area (Å²) < 4.78 is 0. The van der Waals surface area contributed by atoms with Crippen LogP contribution in [0, 0.1) is 11.8 Å². The molecule has 2 atom stereocenters. The molecule has 0 spiro atoms. The Labute approximate surface area is 166 Å². The largest absolute Gasteiger partial charge is 0.389 e. The van der Waals surface area contributed by atoms with Crippen molar-refractivity contribution in [1.29, 1.82) is 0 Å². The summed E-state index contributed by atoms with van der Waals surface area (Å²) in [6.07, 6.45) is 4.51. The number of fused-ring (bicyclic) bond motifs is 1. The first kappa shape index (κ1) is 19.4. The zero-order chi connectivity index (χ0) is 19.6. The zero-order valence-electron chi connectivity index (χ0n) is 16.5. The van der Waals surface area contributed by atoms with Gasteiger partial charge in [0.25, 0.3) is 0 Å². The number of likely N-dealkylation sites (tertiary alicyclic amines) is 2. The van der Waals surface area contributed by atoms with Gasteiger partial charge in [-0.2, -0.15) is 0 Å². The van der Waals surface area contributed by atoms with Gasteiger partial charge in [0.1, 0.15) is 0 Å². The highest BCUT2D eigenvalue weighted by Gasteiger charge is 2.46. The number of nitrogens with zero attached hydrogens (tertiary/aromatic N) is 2. The third-order valence-electron chi connectivity index (χ3n) is 6.82. The summed E-state index contributed by atoms with van der Waals surface area (Å²) in [4.78, 5) is 29.0. The molecule has 1 saturated carbocycles. The normalized spacial score (nSPS) is 28.3. The number of hydrogen-bond acceptors (Lipinski definition) is 4. The Kier molecular flexibility index (Phi) is 5.69. The van der Waals surface area contributed by atoms with Crippen LogP contribution < -0.4 is 5.32 Å². The summed E-state index contributed by atoms with van der Waals surface area (Å²) in [6.45, 7) is 3.56. The van der Waals surface area contributed by atoms with E-state index < -0.39 is 5.60 Å². The molecule has 2 amide bonds. The summed E-state index contributed by atoms with van der Waals surface area (Å²) in [5.74, 6) is 0.508. The van der Waals surface area contributed by atoms with Gasteiger partial charge < -0.3 is 15.3 Å². The number of aliphatic hydroxyl groups is 1. The molecule has 3 fully saturated rings. The van der Waals surface area contributed by atoms with Gasteiger partial charge in [0.05, 0.1) is 12.1 Å². The van der Waals surface area contributed by atoms with E-state index in [1.165, 1.54) is 0 Å². The predicted octanol–water partition coefficient (Wildman–Crippen LogP) is 1.39. The second kappa shape index (κ2) is 8.21. The van der Waals surface area contributed by atoms with E-state index in [1.54, 1.807) is 0 Å². The first-order valence-electron chi connectivity index (χ1n) is 10.6. The van der Waals surface area contributed by atoms with Crippen LogP contribution in [0.1, 0.15) is 37.7 Å². The summed E-state index contributed by atoms with van der Waals surface area (Å²) in [5.41, 5.74) is 0.397. The third-order valence-corrected chi connectivity index (χ3v) is 6.82. The highest BCUT2D eigenvalue weighted by molar-refractivity contribution is 5.80. The molecule has 0 radical (unpaired) electrons. The number of carbonyl (C=O) groups excluding carboxylic acids is 2. The van der Waals surface area contributed by atoms with Gasteiger partial charge in [-0.3, -0.25) is 14.5 Å². The maximum Gasteiger partial charge on any atom is 0.234 e. The molecule has 1 aromatic carbocycles. The Hall–Kier alpha value is -1.92. The van der Waals surface area contributed by atoms with Crippen molar-refractivity contribution in [3.05, 3.63) is 35.9 Å². The average molecular weight is 386 g/mol. The molecule has 2 heterocycles. The Morgan fingerprint density at radius 1 is 1.11 bits per heavy atom. The van der Waals surface area contributed by atoms with E-state index >= 15 is 0 Å². The van der Waals surface area contributed by atoms with E-state index in [2.05, 4.69) is 10.2 Å². The number of rotatable bonds is 5. The zero-order valence-corrected chi connectivity index (χ0v) is 16.5. The molecular formula is C22H31N3O3. The molecule has 2 saturated heterocycles. The van der Waals surface area contributed by atoms with Crippen molar-refractivity contribution in [3.63, 3.8) is 0 Å². The minimum Gasteiger partial charge on any atom is -0.389 e. The van der Waals surface area contributed by atoms with Crippen LogP contribution in [0.3, 0.4) is 0 Å². The standard InChI is InChI=1S/C22H31N3O3/c26-20(23-13-17-5-2-1-3-6-17)16-24-11-9-22(28)10-12-25(15-19(22)14-24)21(27)18-7-4-8-18/h1-3,5-6,18-19,28H,4,7-16H2,(H,23,26)/t19-,22-/m1/s1. The minimum atomic E-state index is -0.687. The smallest absolute Gasteiger partial charge is 0.234 e. The van der Waals surface area contributed by atoms with Crippen LogP contribution in [0.25, 0.3) is 0 Å². The van der Waals surface area contributed by atoms with Crippen LogP contribution in [-0.4, -0.2) is 65.0 Å². The SMILES string of the molecule is O=C(CN1CC[C@@]2(O)CCN(C(=O)C3CCC3)C[C@H]2C1)NCc1ccccc1. The number of piperidine rings is 2. The molecule has 1 aliphatic carbocycles. The molecule has 2 aliphatic heterocycles. The first-order valence-corrected chi connectivity index (χ1v) is 10.6. The van der Waals surface area contributed by atoms with Gasteiger partial charge in [-0.05, 0) is 31.2 Å². The van der Waals surface area contributed by atoms with Crippen molar-refractivity contribution in [3.8, 4) is 0 Å². The number of benzene rings is 1. The Morgan fingerprint density at radius 2 is 1.86 bits per heavy atom. The lowest BCUT2D eigenvalue weighted by molar-refractivity contribution is -0.153. The molecule has 0 unspecified atom stereocenters. The van der Waals surface area contributed by atoms with Crippen LogP contribution in [0.2, 0.25) is 0 Å². The first-order chi connectivity index (χ1) is 13.5. The Balaban J connectivity index is 1.29. The highest BCUT2D eigenvalue weighted by atomic mass is 16.3. The minimum absolute atomic E-state index is 0.00695. The molecular weight excluding hydrogens is 354 g/mol. The van der Waals surface area contributed by atoms with Gasteiger partial charge in [-0.1, -0.05) is 36.8 Å². The van der Waals surface area contributed by atoms with Crippen LogP contribution in [0.15, 0.2) is 30.3 Å². The topological polar surface area (TPSA) is 72.9 Å². The van der Waals surface area contributed by atoms with Crippen molar-refractivity contribution < 1.29 is 14.7 Å². The van der Waals surface area contributed by atoms with E-state index in [1.807, 2.05) is 35.2 Å². The highest BCUT2D eigenvalue weighted by Crippen LogP contribution is 2.37. The van der Waals surface area contributed by atoms with Crippen molar-refractivity contribution in [2.45, 2.75) is 44.2 Å². The summed E-state index contributed by atoms with van der Waals surface area (Å²) in [7, 11) is 0. The van der Waals surface area contributed by atoms with Crippen LogP contribution >= 0.6 is 0 Å². The van der Waals surface area contributed by atoms with Crippen molar-refractivity contribution in [1.82, 2.24) is 15.1 Å². The van der Waals surface area contributed by atoms with E-state index in [0.717, 1.165) is 31.4 Å². The van der Waals surface area contributed by atoms with Gasteiger partial charge in [-0.15, -0.1) is 0 Å². The quantitative estimate of drug-likeness (QED) is 0.803. The van der Waals surface area contributed by atoms with Gasteiger partial charge >= 0.3 is 0 Å². The molecule has 0 aromatic heterocycles. The molecule has 6 nitrogen and oxygen atoms in total. The lowest BCUT2D eigenvalue weighted by Gasteiger charge is -2.50. The van der Waals surface area contributed by atoms with Crippen LogP contribution in [0.5, 0.6) is 0 Å². The molecule has 1 aromatic rings. The molecule has 3 aliphatic rings. The van der Waals surface area contributed by atoms with Gasteiger partial charge in [0, 0.05) is 44.6 Å². The molecule has 28 heavy (non-hydrogen) atoms. The maximum atomic E-state index is 12.6. The lowest BCUT2D eigenvalue weighted by Crippen LogP contribution is -2.62. The van der Waals surface area contributed by atoms with Gasteiger partial charge in [-0.25, -0.2) is 0 Å².